The van der Waals surface area contributed by atoms with Crippen molar-refractivity contribution >= 4 is 17.0 Å². The van der Waals surface area contributed by atoms with Gasteiger partial charge in [0, 0.05) is 11.8 Å². The van der Waals surface area contributed by atoms with Crippen LogP contribution in [0.3, 0.4) is 0 Å². The molecule has 0 spiro atoms. The third kappa shape index (κ3) is 1.87. The zero-order valence-corrected chi connectivity index (χ0v) is 12.1. The summed E-state index contributed by atoms with van der Waals surface area (Å²) in [5.74, 6) is 1.50. The summed E-state index contributed by atoms with van der Waals surface area (Å²) in [4.78, 5) is 13.9. The van der Waals surface area contributed by atoms with Crippen molar-refractivity contribution in [3.63, 3.8) is 0 Å². The van der Waals surface area contributed by atoms with E-state index in [0.717, 1.165) is 24.5 Å². The highest BCUT2D eigenvalue weighted by Gasteiger charge is 2.42. The van der Waals surface area contributed by atoms with Crippen molar-refractivity contribution in [2.75, 3.05) is 20.8 Å². The Morgan fingerprint density at radius 3 is 2.63 bits per heavy atom. The number of nitrogens with zero attached hydrogens (tertiary/aromatic N) is 1. The molecule has 0 N–H and O–H groups in total. The molecule has 5 heteroatoms. The molecule has 19 heavy (non-hydrogen) atoms. The van der Waals surface area contributed by atoms with E-state index in [4.69, 9.17) is 9.47 Å². The summed E-state index contributed by atoms with van der Waals surface area (Å²) in [7, 11) is 3.29. The lowest BCUT2D eigenvalue weighted by Crippen LogP contribution is -2.35. The molecule has 0 bridgehead atoms. The molecular weight excluding hydrogens is 262 g/mol. The molecule has 0 saturated carbocycles. The van der Waals surface area contributed by atoms with E-state index < -0.39 is 0 Å². The van der Waals surface area contributed by atoms with Crippen molar-refractivity contribution in [2.24, 2.45) is 0 Å². The van der Waals surface area contributed by atoms with Crippen molar-refractivity contribution in [1.29, 1.82) is 0 Å². The van der Waals surface area contributed by atoms with Crippen LogP contribution in [-0.2, 0) is 6.42 Å². The summed E-state index contributed by atoms with van der Waals surface area (Å²) in [5.41, 5.74) is 2.47. The van der Waals surface area contributed by atoms with Gasteiger partial charge >= 0.3 is 0 Å². The first-order chi connectivity index (χ1) is 9.15. The monoisotopic (exact) mass is 279 g/mol. The van der Waals surface area contributed by atoms with Crippen molar-refractivity contribution in [3.05, 3.63) is 23.3 Å². The number of thioether (sulfide) groups is 1. The quantitative estimate of drug-likeness (QED) is 0.834. The minimum atomic E-state index is 0.168. The standard InChI is InChI=1S/C14H17NO3S/c1-8-13-10-7-12(18-3)11(17-2)6-9(10)4-5-15(13)14(16)19-8/h6-8,13H,4-5H2,1-3H3/t8-,13+/m0/s1. The van der Waals surface area contributed by atoms with E-state index in [1.165, 1.54) is 22.9 Å². The first-order valence-corrected chi connectivity index (χ1v) is 7.25. The third-order valence-electron chi connectivity index (χ3n) is 3.89. The van der Waals surface area contributed by atoms with E-state index in [1.807, 2.05) is 17.0 Å². The summed E-state index contributed by atoms with van der Waals surface area (Å²) >= 11 is 1.43. The molecular formula is C14H17NO3S. The number of rotatable bonds is 2. The van der Waals surface area contributed by atoms with E-state index >= 15 is 0 Å². The second-order valence-electron chi connectivity index (χ2n) is 4.88. The molecule has 1 amide bonds. The first kappa shape index (κ1) is 12.7. The number of carbonyl (C=O) groups excluding carboxylic acids is 1. The van der Waals surface area contributed by atoms with Gasteiger partial charge in [-0.25, -0.2) is 0 Å². The van der Waals surface area contributed by atoms with Gasteiger partial charge in [0.1, 0.15) is 0 Å². The maximum absolute atomic E-state index is 11.9. The molecule has 4 nitrogen and oxygen atoms in total. The number of hydrogen-bond donors (Lipinski definition) is 0. The van der Waals surface area contributed by atoms with Gasteiger partial charge in [-0.1, -0.05) is 18.7 Å². The van der Waals surface area contributed by atoms with Crippen molar-refractivity contribution < 1.29 is 14.3 Å². The molecule has 1 aromatic carbocycles. The smallest absolute Gasteiger partial charge is 0.282 e. The van der Waals surface area contributed by atoms with E-state index in [9.17, 15) is 4.79 Å². The van der Waals surface area contributed by atoms with Crippen molar-refractivity contribution in [3.8, 4) is 11.5 Å². The van der Waals surface area contributed by atoms with Gasteiger partial charge < -0.3 is 14.4 Å². The number of hydrogen-bond acceptors (Lipinski definition) is 4. The zero-order chi connectivity index (χ0) is 13.6. The predicted octanol–water partition coefficient (Wildman–Crippen LogP) is 2.86. The molecule has 2 atom stereocenters. The van der Waals surface area contributed by atoms with Crippen LogP contribution in [-0.4, -0.2) is 36.2 Å². The Labute approximate surface area is 117 Å². The fourth-order valence-corrected chi connectivity index (χ4v) is 4.06. The lowest BCUT2D eigenvalue weighted by atomic mass is 9.91. The van der Waals surface area contributed by atoms with Gasteiger partial charge in [0.05, 0.1) is 20.3 Å². The number of carbonyl (C=O) groups is 1. The van der Waals surface area contributed by atoms with Crippen LogP contribution in [0.25, 0.3) is 0 Å². The molecule has 2 aliphatic rings. The largest absolute Gasteiger partial charge is 0.493 e. The van der Waals surface area contributed by atoms with E-state index in [-0.39, 0.29) is 16.5 Å². The van der Waals surface area contributed by atoms with Crippen LogP contribution in [0.1, 0.15) is 24.1 Å². The topological polar surface area (TPSA) is 38.8 Å². The van der Waals surface area contributed by atoms with Crippen LogP contribution in [0.15, 0.2) is 12.1 Å². The Balaban J connectivity index is 2.09. The fourth-order valence-electron chi connectivity index (χ4n) is 2.98. The first-order valence-electron chi connectivity index (χ1n) is 6.37. The van der Waals surface area contributed by atoms with E-state index in [0.29, 0.717) is 0 Å². The minimum Gasteiger partial charge on any atom is -0.493 e. The normalized spacial score (nSPS) is 25.0. The Kier molecular flexibility index (Phi) is 3.09. The average molecular weight is 279 g/mol. The van der Waals surface area contributed by atoms with Crippen molar-refractivity contribution in [1.82, 2.24) is 4.90 Å². The average Bonchev–Trinajstić information content (AvgIpc) is 2.72. The lowest BCUT2D eigenvalue weighted by Gasteiger charge is -2.33. The molecule has 0 radical (unpaired) electrons. The summed E-state index contributed by atoms with van der Waals surface area (Å²) in [6.45, 7) is 2.91. The molecule has 2 aliphatic heterocycles. The van der Waals surface area contributed by atoms with Crippen LogP contribution in [0, 0.1) is 0 Å². The van der Waals surface area contributed by atoms with E-state index in [1.54, 1.807) is 14.2 Å². The molecule has 0 aromatic heterocycles. The van der Waals surface area contributed by atoms with Gasteiger partial charge in [-0.3, -0.25) is 4.79 Å². The summed E-state index contributed by atoms with van der Waals surface area (Å²) in [6.07, 6.45) is 0.880. The molecule has 2 heterocycles. The Hall–Kier alpha value is -1.36. The van der Waals surface area contributed by atoms with Gasteiger partial charge in [-0.2, -0.15) is 0 Å². The maximum atomic E-state index is 11.9. The molecule has 102 valence electrons. The highest BCUT2D eigenvalue weighted by atomic mass is 32.2. The van der Waals surface area contributed by atoms with Gasteiger partial charge in [0.25, 0.3) is 5.24 Å². The second kappa shape index (κ2) is 4.63. The highest BCUT2D eigenvalue weighted by Crippen LogP contribution is 2.47. The Morgan fingerprint density at radius 1 is 1.26 bits per heavy atom. The van der Waals surface area contributed by atoms with Gasteiger partial charge in [0.15, 0.2) is 11.5 Å². The molecule has 1 saturated heterocycles. The SMILES string of the molecule is COc1cc2c(cc1OC)[C@H]1[C@H](C)SC(=O)N1CC2. The number of methoxy groups -OCH3 is 2. The van der Waals surface area contributed by atoms with Crippen molar-refractivity contribution in [2.45, 2.75) is 24.6 Å². The Bertz CT molecular complexity index is 532. The second-order valence-corrected chi connectivity index (χ2v) is 6.21. The van der Waals surface area contributed by atoms with Gasteiger partial charge in [-0.15, -0.1) is 0 Å². The number of fused-ring (bicyclic) bond motifs is 3. The summed E-state index contributed by atoms with van der Waals surface area (Å²) < 4.78 is 10.7. The predicted molar refractivity (Wildman–Crippen MR) is 75.1 cm³/mol. The van der Waals surface area contributed by atoms with Crippen LogP contribution in [0.5, 0.6) is 11.5 Å². The molecule has 0 aliphatic carbocycles. The highest BCUT2D eigenvalue weighted by molar-refractivity contribution is 8.14. The van der Waals surface area contributed by atoms with Crippen LogP contribution in [0.2, 0.25) is 0 Å². The number of ether oxygens (including phenoxy) is 2. The minimum absolute atomic E-state index is 0.168. The van der Waals surface area contributed by atoms with Gasteiger partial charge in [-0.05, 0) is 29.7 Å². The molecule has 0 unspecified atom stereocenters. The summed E-state index contributed by atoms with van der Waals surface area (Å²) in [5, 5.41) is 0.475. The maximum Gasteiger partial charge on any atom is 0.282 e. The Morgan fingerprint density at radius 2 is 1.95 bits per heavy atom. The molecule has 3 rings (SSSR count). The van der Waals surface area contributed by atoms with E-state index in [2.05, 4.69) is 6.92 Å². The molecule has 1 aromatic rings. The lowest BCUT2D eigenvalue weighted by molar-refractivity contribution is 0.201. The molecule has 1 fully saturated rings. The zero-order valence-electron chi connectivity index (χ0n) is 11.3. The summed E-state index contributed by atoms with van der Waals surface area (Å²) in [6, 6.07) is 4.24. The van der Waals surface area contributed by atoms with Gasteiger partial charge in [0.2, 0.25) is 0 Å². The third-order valence-corrected chi connectivity index (χ3v) is 4.95. The fraction of sp³-hybridized carbons (Fsp3) is 0.500. The number of amides is 1. The number of benzene rings is 1. The van der Waals surface area contributed by atoms with Crippen LogP contribution >= 0.6 is 11.8 Å². The van der Waals surface area contributed by atoms with Crippen LogP contribution < -0.4 is 9.47 Å². The van der Waals surface area contributed by atoms with Crippen LogP contribution in [0.4, 0.5) is 4.79 Å².